The second-order valence-electron chi connectivity index (χ2n) is 1.81. The van der Waals surface area contributed by atoms with Gasteiger partial charge in [0, 0.05) is 6.08 Å². The van der Waals surface area contributed by atoms with E-state index in [1.54, 1.807) is 13.8 Å². The minimum Gasteiger partial charge on any atom is -0.436 e. The first-order valence-electron chi connectivity index (χ1n) is 2.59. The number of carbonyl (C=O) groups is 1. The number of aliphatic hydroxyl groups is 1. The largest absolute Gasteiger partial charge is 0.436 e. The van der Waals surface area contributed by atoms with E-state index in [-0.39, 0.29) is 0 Å². The SMILES string of the molecule is CC(C)=CC(=O)OCO. The van der Waals surface area contributed by atoms with Crippen molar-refractivity contribution in [3.8, 4) is 0 Å². The Balaban J connectivity index is 3.63. The predicted molar refractivity (Wildman–Crippen MR) is 32.6 cm³/mol. The molecular formula is C6H10O3. The van der Waals surface area contributed by atoms with Gasteiger partial charge in [-0.3, -0.25) is 0 Å². The second-order valence-corrected chi connectivity index (χ2v) is 1.81. The first kappa shape index (κ1) is 8.17. The minimum absolute atomic E-state index is 0.502. The lowest BCUT2D eigenvalue weighted by atomic mass is 10.3. The van der Waals surface area contributed by atoms with E-state index in [0.29, 0.717) is 0 Å². The zero-order chi connectivity index (χ0) is 7.28. The maximum Gasteiger partial charge on any atom is 0.332 e. The summed E-state index contributed by atoms with van der Waals surface area (Å²) in [4.78, 5) is 10.4. The molecule has 0 aliphatic heterocycles. The third kappa shape index (κ3) is 5.03. The summed E-state index contributed by atoms with van der Waals surface area (Å²) in [6, 6.07) is 0. The summed E-state index contributed by atoms with van der Waals surface area (Å²) in [5, 5.41) is 8.08. The van der Waals surface area contributed by atoms with Crippen molar-refractivity contribution in [1.29, 1.82) is 0 Å². The van der Waals surface area contributed by atoms with Crippen LogP contribution in [0.3, 0.4) is 0 Å². The molecule has 0 aliphatic rings. The summed E-state index contributed by atoms with van der Waals surface area (Å²) < 4.78 is 4.19. The normalized spacial score (nSPS) is 8.33. The van der Waals surface area contributed by atoms with Crippen LogP contribution < -0.4 is 0 Å². The smallest absolute Gasteiger partial charge is 0.332 e. The van der Waals surface area contributed by atoms with Gasteiger partial charge in [-0.1, -0.05) is 5.57 Å². The first-order valence-corrected chi connectivity index (χ1v) is 2.59. The van der Waals surface area contributed by atoms with Crippen LogP contribution in [0, 0.1) is 0 Å². The second kappa shape index (κ2) is 4.09. The highest BCUT2D eigenvalue weighted by Crippen LogP contribution is 1.89. The van der Waals surface area contributed by atoms with Crippen molar-refractivity contribution >= 4 is 5.97 Å². The number of esters is 1. The topological polar surface area (TPSA) is 46.5 Å². The lowest BCUT2D eigenvalue weighted by Gasteiger charge is -1.93. The van der Waals surface area contributed by atoms with Gasteiger partial charge in [0.2, 0.25) is 0 Å². The molecule has 0 saturated heterocycles. The molecule has 0 aliphatic carbocycles. The molecule has 0 unspecified atom stereocenters. The van der Waals surface area contributed by atoms with Crippen molar-refractivity contribution in [2.75, 3.05) is 6.79 Å². The fraction of sp³-hybridized carbons (Fsp3) is 0.500. The highest BCUT2D eigenvalue weighted by Gasteiger charge is 1.92. The Kier molecular flexibility index (Phi) is 3.71. The van der Waals surface area contributed by atoms with Crippen LogP contribution >= 0.6 is 0 Å². The van der Waals surface area contributed by atoms with E-state index in [1.165, 1.54) is 6.08 Å². The molecule has 0 bridgehead atoms. The zero-order valence-electron chi connectivity index (χ0n) is 5.55. The number of aliphatic hydroxyl groups excluding tert-OH is 1. The van der Waals surface area contributed by atoms with Crippen molar-refractivity contribution in [1.82, 2.24) is 0 Å². The van der Waals surface area contributed by atoms with E-state index in [1.807, 2.05) is 0 Å². The highest BCUT2D eigenvalue weighted by molar-refractivity contribution is 5.82. The van der Waals surface area contributed by atoms with Gasteiger partial charge >= 0.3 is 5.97 Å². The van der Waals surface area contributed by atoms with Gasteiger partial charge in [-0.2, -0.15) is 0 Å². The molecule has 0 fully saturated rings. The Bertz CT molecular complexity index is 122. The van der Waals surface area contributed by atoms with Crippen LogP contribution in [-0.4, -0.2) is 17.9 Å². The van der Waals surface area contributed by atoms with E-state index in [4.69, 9.17) is 5.11 Å². The Hall–Kier alpha value is -0.830. The lowest BCUT2D eigenvalue weighted by molar-refractivity contribution is -0.145. The molecule has 0 spiro atoms. The molecule has 1 N–H and O–H groups in total. The molecule has 0 amide bonds. The fourth-order valence-corrected chi connectivity index (χ4v) is 0.341. The minimum atomic E-state index is -0.553. The monoisotopic (exact) mass is 130 g/mol. The summed E-state index contributed by atoms with van der Waals surface area (Å²) >= 11 is 0. The Morgan fingerprint density at radius 2 is 2.22 bits per heavy atom. The van der Waals surface area contributed by atoms with Gasteiger partial charge in [0.1, 0.15) is 0 Å². The molecule has 0 heterocycles. The van der Waals surface area contributed by atoms with Crippen molar-refractivity contribution < 1.29 is 14.6 Å². The lowest BCUT2D eigenvalue weighted by Crippen LogP contribution is -2.01. The van der Waals surface area contributed by atoms with E-state index >= 15 is 0 Å². The average Bonchev–Trinajstić information content (AvgIpc) is 1.63. The number of allylic oxidation sites excluding steroid dienone is 1. The van der Waals surface area contributed by atoms with Gasteiger partial charge < -0.3 is 9.84 Å². The summed E-state index contributed by atoms with van der Waals surface area (Å²) in [5.41, 5.74) is 0.855. The number of ether oxygens (including phenoxy) is 1. The molecule has 9 heavy (non-hydrogen) atoms. The van der Waals surface area contributed by atoms with Crippen LogP contribution in [0.25, 0.3) is 0 Å². The standard InChI is InChI=1S/C6H10O3/c1-5(2)3-6(8)9-4-7/h3,7H,4H2,1-2H3. The predicted octanol–water partition coefficient (Wildman–Crippen LogP) is 0.446. The van der Waals surface area contributed by atoms with E-state index in [9.17, 15) is 4.79 Å². The quantitative estimate of drug-likeness (QED) is 0.335. The van der Waals surface area contributed by atoms with Crippen molar-refractivity contribution in [2.45, 2.75) is 13.8 Å². The molecule has 52 valence electrons. The molecule has 0 saturated carbocycles. The molecule has 0 atom stereocenters. The number of hydrogen-bond acceptors (Lipinski definition) is 3. The van der Waals surface area contributed by atoms with Crippen LogP contribution in [0.5, 0.6) is 0 Å². The number of rotatable bonds is 2. The molecule has 3 nitrogen and oxygen atoms in total. The maximum absolute atomic E-state index is 10.4. The third-order valence-electron chi connectivity index (χ3n) is 0.613. The van der Waals surface area contributed by atoms with Crippen molar-refractivity contribution in [3.05, 3.63) is 11.6 Å². The third-order valence-corrected chi connectivity index (χ3v) is 0.613. The molecule has 0 aromatic carbocycles. The molecule has 3 heteroatoms. The van der Waals surface area contributed by atoms with Crippen molar-refractivity contribution in [2.24, 2.45) is 0 Å². The van der Waals surface area contributed by atoms with Gasteiger partial charge in [0.05, 0.1) is 0 Å². The number of hydrogen-bond donors (Lipinski definition) is 1. The van der Waals surface area contributed by atoms with E-state index in [2.05, 4.69) is 4.74 Å². The molecule has 0 radical (unpaired) electrons. The summed E-state index contributed by atoms with van der Waals surface area (Å²) in [6.45, 7) is 3.00. The molecule has 0 aromatic heterocycles. The van der Waals surface area contributed by atoms with Gasteiger partial charge in [0.15, 0.2) is 6.79 Å². The van der Waals surface area contributed by atoms with E-state index in [0.717, 1.165) is 5.57 Å². The summed E-state index contributed by atoms with van der Waals surface area (Å²) in [6.07, 6.45) is 1.32. The van der Waals surface area contributed by atoms with Crippen LogP contribution in [0.2, 0.25) is 0 Å². The number of carbonyl (C=O) groups excluding carboxylic acids is 1. The van der Waals surface area contributed by atoms with Gasteiger partial charge in [-0.05, 0) is 13.8 Å². The van der Waals surface area contributed by atoms with E-state index < -0.39 is 12.8 Å². The van der Waals surface area contributed by atoms with Gasteiger partial charge in [-0.15, -0.1) is 0 Å². The van der Waals surface area contributed by atoms with Gasteiger partial charge in [0.25, 0.3) is 0 Å². The zero-order valence-corrected chi connectivity index (χ0v) is 5.55. The average molecular weight is 130 g/mol. The Morgan fingerprint density at radius 1 is 1.67 bits per heavy atom. The highest BCUT2D eigenvalue weighted by atomic mass is 16.6. The Morgan fingerprint density at radius 3 is 2.56 bits per heavy atom. The molecule has 0 aromatic rings. The van der Waals surface area contributed by atoms with Crippen LogP contribution in [-0.2, 0) is 9.53 Å². The molecular weight excluding hydrogens is 120 g/mol. The maximum atomic E-state index is 10.4. The van der Waals surface area contributed by atoms with Crippen LogP contribution in [0.4, 0.5) is 0 Å². The fourth-order valence-electron chi connectivity index (χ4n) is 0.341. The van der Waals surface area contributed by atoms with Crippen LogP contribution in [0.1, 0.15) is 13.8 Å². The summed E-state index contributed by atoms with van der Waals surface area (Å²) in [5.74, 6) is -0.502. The van der Waals surface area contributed by atoms with Crippen molar-refractivity contribution in [3.63, 3.8) is 0 Å². The first-order chi connectivity index (χ1) is 4.16. The summed E-state index contributed by atoms with van der Waals surface area (Å²) in [7, 11) is 0. The Labute approximate surface area is 53.9 Å². The van der Waals surface area contributed by atoms with Crippen LogP contribution in [0.15, 0.2) is 11.6 Å². The molecule has 0 rings (SSSR count). The van der Waals surface area contributed by atoms with Gasteiger partial charge in [-0.25, -0.2) is 4.79 Å².